The first-order chi connectivity index (χ1) is 19.4. The third-order valence-corrected chi connectivity index (χ3v) is 7.73. The number of urea groups is 1. The number of rotatable bonds is 17. The second kappa shape index (κ2) is 18.0. The Morgan fingerprint density at radius 3 is 2.62 bits per heavy atom. The van der Waals surface area contributed by atoms with Crippen LogP contribution in [0.1, 0.15) is 38.7 Å². The first-order valence-electron chi connectivity index (χ1n) is 13.8. The first kappa shape index (κ1) is 32.7. The molecule has 9 heteroatoms. The highest BCUT2D eigenvalue weighted by molar-refractivity contribution is 7.99. The van der Waals surface area contributed by atoms with Gasteiger partial charge in [-0.2, -0.15) is 11.8 Å². The molecule has 1 aromatic carbocycles. The molecular weight excluding hydrogens is 522 g/mol. The number of hydrazine groups is 1. The highest BCUT2D eigenvalue weighted by atomic mass is 32.2. The second-order valence-corrected chi connectivity index (χ2v) is 10.5. The minimum absolute atomic E-state index is 0.0902. The van der Waals surface area contributed by atoms with Crippen molar-refractivity contribution in [2.24, 2.45) is 0 Å². The molecule has 0 aliphatic carbocycles. The van der Waals surface area contributed by atoms with E-state index in [4.69, 9.17) is 6.42 Å². The molecular formula is C31H43N5O3S. The van der Waals surface area contributed by atoms with Gasteiger partial charge in [-0.05, 0) is 17.6 Å². The van der Waals surface area contributed by atoms with Crippen molar-refractivity contribution in [1.82, 2.24) is 25.1 Å². The van der Waals surface area contributed by atoms with Crippen molar-refractivity contribution in [3.05, 3.63) is 72.9 Å². The molecule has 1 aliphatic heterocycles. The summed E-state index contributed by atoms with van der Waals surface area (Å²) in [6, 6.07) is 8.58. The van der Waals surface area contributed by atoms with Crippen molar-refractivity contribution in [1.29, 1.82) is 0 Å². The summed E-state index contributed by atoms with van der Waals surface area (Å²) in [6.45, 7) is 13.2. The smallest absolute Gasteiger partial charge is 0.334 e. The van der Waals surface area contributed by atoms with Gasteiger partial charge in [0.15, 0.2) is 0 Å². The molecule has 1 unspecified atom stereocenters. The largest absolute Gasteiger partial charge is 0.336 e. The minimum atomic E-state index is -0.699. The lowest BCUT2D eigenvalue weighted by atomic mass is 10.0. The van der Waals surface area contributed by atoms with Crippen molar-refractivity contribution in [3.8, 4) is 12.3 Å². The number of carbonyl (C=O) groups excluding carboxylic acids is 3. The predicted molar refractivity (Wildman–Crippen MR) is 164 cm³/mol. The molecule has 216 valence electrons. The van der Waals surface area contributed by atoms with Gasteiger partial charge < -0.3 is 15.1 Å². The number of nitrogens with one attached hydrogen (secondary N) is 1. The van der Waals surface area contributed by atoms with E-state index in [-0.39, 0.29) is 25.0 Å². The molecule has 40 heavy (non-hydrogen) atoms. The lowest BCUT2D eigenvalue weighted by molar-refractivity contribution is -0.165. The Morgan fingerprint density at radius 1 is 1.27 bits per heavy atom. The van der Waals surface area contributed by atoms with Crippen molar-refractivity contribution in [2.75, 3.05) is 37.7 Å². The molecule has 4 amide bonds. The number of unbranched alkanes of at least 4 members (excludes halogenated alkanes) is 1. The highest BCUT2D eigenvalue weighted by Crippen LogP contribution is 2.25. The molecule has 1 N–H and O–H groups in total. The van der Waals surface area contributed by atoms with Crippen molar-refractivity contribution in [3.63, 3.8) is 0 Å². The number of hydrogen-bond acceptors (Lipinski definition) is 5. The normalized spacial score (nSPS) is 17.4. The van der Waals surface area contributed by atoms with Gasteiger partial charge in [0.05, 0.1) is 13.1 Å². The van der Waals surface area contributed by atoms with Crippen LogP contribution in [-0.4, -0.2) is 88.1 Å². The van der Waals surface area contributed by atoms with E-state index in [1.807, 2.05) is 50.3 Å². The molecule has 0 radical (unpaired) electrons. The maximum atomic E-state index is 13.7. The molecule has 1 heterocycles. The van der Waals surface area contributed by atoms with Gasteiger partial charge in [-0.3, -0.25) is 9.59 Å². The van der Waals surface area contributed by atoms with Crippen molar-refractivity contribution in [2.45, 2.75) is 51.9 Å². The van der Waals surface area contributed by atoms with E-state index < -0.39 is 12.2 Å². The number of terminal acetylenes is 1. The van der Waals surface area contributed by atoms with Crippen LogP contribution in [-0.2, 0) is 16.1 Å². The predicted octanol–water partition coefficient (Wildman–Crippen LogP) is 4.29. The molecule has 1 aromatic rings. The van der Waals surface area contributed by atoms with Crippen molar-refractivity contribution < 1.29 is 14.4 Å². The van der Waals surface area contributed by atoms with E-state index in [1.54, 1.807) is 33.8 Å². The fraction of sp³-hybridized carbons (Fsp3) is 0.452. The van der Waals surface area contributed by atoms with Crippen LogP contribution in [0, 0.1) is 12.3 Å². The summed E-state index contributed by atoms with van der Waals surface area (Å²) in [4.78, 5) is 43.1. The van der Waals surface area contributed by atoms with E-state index in [2.05, 4.69) is 24.4 Å². The SMILES string of the molecule is C#CCN(CC)N(C(=O)NCc1ccccc1)C1CN(CCSC/C(C=C)=C/C=C)C(=O)[C@H](CCCC)N1C=O. The van der Waals surface area contributed by atoms with E-state index in [1.165, 1.54) is 9.91 Å². The van der Waals surface area contributed by atoms with E-state index in [0.717, 1.165) is 29.7 Å². The van der Waals surface area contributed by atoms with Gasteiger partial charge >= 0.3 is 6.03 Å². The van der Waals surface area contributed by atoms with Gasteiger partial charge in [0, 0.05) is 31.1 Å². The van der Waals surface area contributed by atoms with Gasteiger partial charge in [-0.25, -0.2) is 14.8 Å². The highest BCUT2D eigenvalue weighted by Gasteiger charge is 2.44. The Balaban J connectivity index is 2.34. The molecule has 0 bridgehead atoms. The van der Waals surface area contributed by atoms with Gasteiger partial charge in [-0.1, -0.05) is 94.3 Å². The molecule has 0 spiro atoms. The van der Waals surface area contributed by atoms with Gasteiger partial charge in [0.1, 0.15) is 12.2 Å². The van der Waals surface area contributed by atoms with E-state index >= 15 is 0 Å². The maximum Gasteiger partial charge on any atom is 0.334 e. The summed E-state index contributed by atoms with van der Waals surface area (Å²) >= 11 is 1.69. The van der Waals surface area contributed by atoms with Crippen LogP contribution in [0.3, 0.4) is 0 Å². The van der Waals surface area contributed by atoms with Crippen molar-refractivity contribution >= 4 is 30.1 Å². The third-order valence-electron chi connectivity index (χ3n) is 6.73. The monoisotopic (exact) mass is 565 g/mol. The molecule has 1 fully saturated rings. The average Bonchev–Trinajstić information content (AvgIpc) is 2.97. The Hall–Kier alpha value is -3.48. The standard InChI is InChI=1S/C31H43N5O3S/c1-6-11-18-28-30(38)33(20-21-40-24-26(9-4)15-7-2)23-29(35(28)25-37)36(34(10-5)19-8-3)31(39)32-22-27-16-13-12-14-17-27/h3,7,9,12-17,25,28-29H,2,4,6,10-11,18-24H2,1,5H3,(H,32,39)/b26-15+/t28-,29?/m0/s1. The molecule has 0 aromatic heterocycles. The van der Waals surface area contributed by atoms with Gasteiger partial charge in [0.2, 0.25) is 12.3 Å². The number of carbonyl (C=O) groups is 3. The van der Waals surface area contributed by atoms with E-state index in [0.29, 0.717) is 38.2 Å². The zero-order chi connectivity index (χ0) is 29.3. The summed E-state index contributed by atoms with van der Waals surface area (Å²) in [5.74, 6) is 3.99. The molecule has 1 aliphatic rings. The van der Waals surface area contributed by atoms with Crippen LogP contribution in [0.4, 0.5) is 4.79 Å². The number of piperazine rings is 1. The van der Waals surface area contributed by atoms with E-state index in [9.17, 15) is 14.4 Å². The van der Waals surface area contributed by atoms with Crippen LogP contribution in [0.2, 0.25) is 0 Å². The number of allylic oxidation sites excluding steroid dienone is 3. The zero-order valence-electron chi connectivity index (χ0n) is 23.8. The Kier molecular flexibility index (Phi) is 14.7. The summed E-state index contributed by atoms with van der Waals surface area (Å²) in [5, 5.41) is 6.26. The minimum Gasteiger partial charge on any atom is -0.336 e. The van der Waals surface area contributed by atoms with Crippen LogP contribution in [0.5, 0.6) is 0 Å². The summed E-state index contributed by atoms with van der Waals surface area (Å²) in [7, 11) is 0. The number of amides is 4. The topological polar surface area (TPSA) is 76.2 Å². The lowest BCUT2D eigenvalue weighted by Gasteiger charge is -2.50. The summed E-state index contributed by atoms with van der Waals surface area (Å²) in [6.07, 6.45) is 13.3. The lowest BCUT2D eigenvalue weighted by Crippen LogP contribution is -2.70. The molecule has 8 nitrogen and oxygen atoms in total. The third kappa shape index (κ3) is 9.32. The summed E-state index contributed by atoms with van der Waals surface area (Å²) < 4.78 is 0. The van der Waals surface area contributed by atoms with Gasteiger partial charge in [-0.15, -0.1) is 6.42 Å². The van der Waals surface area contributed by atoms with Crippen LogP contribution < -0.4 is 5.32 Å². The maximum absolute atomic E-state index is 13.7. The number of benzene rings is 1. The Labute approximate surface area is 244 Å². The number of nitrogens with zero attached hydrogens (tertiary/aromatic N) is 4. The second-order valence-electron chi connectivity index (χ2n) is 9.38. The summed E-state index contributed by atoms with van der Waals surface area (Å²) in [5.41, 5.74) is 2.01. The fourth-order valence-electron chi connectivity index (χ4n) is 4.59. The molecule has 0 saturated carbocycles. The fourth-order valence-corrected chi connectivity index (χ4v) is 5.53. The zero-order valence-corrected chi connectivity index (χ0v) is 24.7. The molecule has 1 saturated heterocycles. The van der Waals surface area contributed by atoms with Crippen LogP contribution in [0.25, 0.3) is 0 Å². The van der Waals surface area contributed by atoms with Crippen LogP contribution in [0.15, 0.2) is 67.3 Å². The molecule has 2 rings (SSSR count). The van der Waals surface area contributed by atoms with Crippen LogP contribution >= 0.6 is 11.8 Å². The van der Waals surface area contributed by atoms with Gasteiger partial charge in [0.25, 0.3) is 0 Å². The Morgan fingerprint density at radius 2 is 2.02 bits per heavy atom. The quantitative estimate of drug-likeness (QED) is 0.100. The molecule has 2 atom stereocenters. The number of hydrogen-bond donors (Lipinski definition) is 1. The average molecular weight is 566 g/mol. The number of thioether (sulfide) groups is 1. The Bertz CT molecular complexity index is 1050. The first-order valence-corrected chi connectivity index (χ1v) is 14.9.